The molecule has 4 nitrogen and oxygen atoms in total. The highest BCUT2D eigenvalue weighted by atomic mass is 16.5. The number of ether oxygens (including phenoxy) is 3. The Kier molecular flexibility index (Phi) is 10.7. The summed E-state index contributed by atoms with van der Waals surface area (Å²) in [6.07, 6.45) is 12.6. The number of carbonyl (C=O) groups excluding carboxylic acids is 1. The average Bonchev–Trinajstić information content (AvgIpc) is 2.68. The average molecular weight is 373 g/mol. The van der Waals surface area contributed by atoms with Crippen molar-refractivity contribution in [3.05, 3.63) is 73.3 Å². The SMILES string of the molecule is C=C/C=C(\C=C)OCCOC(=C)/C(C)=C\C(=C)C(=O)OCC1CCCCC1. The van der Waals surface area contributed by atoms with Gasteiger partial charge in [0.2, 0.25) is 0 Å². The molecule has 27 heavy (non-hydrogen) atoms. The lowest BCUT2D eigenvalue weighted by Crippen LogP contribution is -2.17. The maximum Gasteiger partial charge on any atom is 0.337 e. The number of esters is 1. The maximum absolute atomic E-state index is 12.1. The van der Waals surface area contributed by atoms with Crippen molar-refractivity contribution in [3.8, 4) is 0 Å². The molecule has 0 saturated heterocycles. The molecule has 0 radical (unpaired) electrons. The van der Waals surface area contributed by atoms with Crippen molar-refractivity contribution in [1.82, 2.24) is 0 Å². The van der Waals surface area contributed by atoms with Crippen molar-refractivity contribution in [2.75, 3.05) is 19.8 Å². The Bertz CT molecular complexity index is 604. The Hall–Kier alpha value is -2.49. The van der Waals surface area contributed by atoms with Crippen LogP contribution < -0.4 is 0 Å². The molecule has 0 aromatic rings. The van der Waals surface area contributed by atoms with Crippen molar-refractivity contribution in [1.29, 1.82) is 0 Å². The Labute approximate surface area is 163 Å². The summed E-state index contributed by atoms with van der Waals surface area (Å²) >= 11 is 0. The van der Waals surface area contributed by atoms with Crippen molar-refractivity contribution in [2.24, 2.45) is 5.92 Å². The molecule has 148 valence electrons. The van der Waals surface area contributed by atoms with Crippen molar-refractivity contribution in [2.45, 2.75) is 39.0 Å². The number of hydrogen-bond donors (Lipinski definition) is 0. The van der Waals surface area contributed by atoms with Crippen LogP contribution in [0.5, 0.6) is 0 Å². The Morgan fingerprint density at radius 1 is 1.04 bits per heavy atom. The van der Waals surface area contributed by atoms with E-state index in [0.29, 0.717) is 42.8 Å². The van der Waals surface area contributed by atoms with Gasteiger partial charge in [-0.05, 0) is 49.5 Å². The van der Waals surface area contributed by atoms with Gasteiger partial charge in [0.1, 0.15) is 24.7 Å². The van der Waals surface area contributed by atoms with E-state index in [1.807, 2.05) is 6.92 Å². The van der Waals surface area contributed by atoms with Gasteiger partial charge in [0.15, 0.2) is 0 Å². The summed E-state index contributed by atoms with van der Waals surface area (Å²) in [6.45, 7) is 17.9. The molecule has 0 heterocycles. The van der Waals surface area contributed by atoms with E-state index in [1.165, 1.54) is 19.3 Å². The van der Waals surface area contributed by atoms with Crippen LogP contribution in [-0.4, -0.2) is 25.8 Å². The molecule has 0 N–H and O–H groups in total. The molecular formula is C23H32O4. The third-order valence-corrected chi connectivity index (χ3v) is 4.38. The second-order valence-corrected chi connectivity index (χ2v) is 6.58. The van der Waals surface area contributed by atoms with Crippen LogP contribution in [0, 0.1) is 5.92 Å². The van der Waals surface area contributed by atoms with Crippen molar-refractivity contribution < 1.29 is 19.0 Å². The second-order valence-electron chi connectivity index (χ2n) is 6.58. The van der Waals surface area contributed by atoms with Crippen LogP contribution in [0.4, 0.5) is 0 Å². The minimum absolute atomic E-state index is 0.298. The maximum atomic E-state index is 12.1. The minimum atomic E-state index is -0.388. The van der Waals surface area contributed by atoms with Crippen LogP contribution in [-0.2, 0) is 19.0 Å². The quantitative estimate of drug-likeness (QED) is 0.151. The molecule has 1 rings (SSSR count). The van der Waals surface area contributed by atoms with Gasteiger partial charge in [0, 0.05) is 0 Å². The fourth-order valence-electron chi connectivity index (χ4n) is 2.77. The highest BCUT2D eigenvalue weighted by molar-refractivity contribution is 5.91. The van der Waals surface area contributed by atoms with E-state index in [0.717, 1.165) is 18.4 Å². The van der Waals surface area contributed by atoms with E-state index < -0.39 is 0 Å². The Balaban J connectivity index is 2.34. The van der Waals surface area contributed by atoms with Gasteiger partial charge in [-0.2, -0.15) is 0 Å². The van der Waals surface area contributed by atoms with E-state index >= 15 is 0 Å². The molecule has 0 aliphatic heterocycles. The van der Waals surface area contributed by atoms with Crippen LogP contribution in [0.3, 0.4) is 0 Å². The standard InChI is InChI=1S/C23H32O4/c1-6-11-22(7-2)26-15-14-25-20(5)18(3)16-19(4)23(24)27-17-21-12-9-8-10-13-21/h6-7,11,16,21H,1-2,4-5,8-10,12-15,17H2,3H3/b18-16-,22-11+. The highest BCUT2D eigenvalue weighted by Gasteiger charge is 2.16. The monoisotopic (exact) mass is 372 g/mol. The smallest absolute Gasteiger partial charge is 0.337 e. The molecule has 1 fully saturated rings. The lowest BCUT2D eigenvalue weighted by Gasteiger charge is -2.21. The summed E-state index contributed by atoms with van der Waals surface area (Å²) in [5.41, 5.74) is 1.02. The largest absolute Gasteiger partial charge is 0.490 e. The summed E-state index contributed by atoms with van der Waals surface area (Å²) in [5.74, 6) is 1.18. The number of rotatable bonds is 12. The first kappa shape index (κ1) is 22.6. The zero-order chi connectivity index (χ0) is 20.1. The number of allylic oxidation sites excluding steroid dienone is 4. The molecule has 1 aliphatic rings. The second kappa shape index (κ2) is 12.8. The van der Waals surface area contributed by atoms with Crippen LogP contribution in [0.1, 0.15) is 39.0 Å². The van der Waals surface area contributed by atoms with Gasteiger partial charge in [-0.15, -0.1) is 0 Å². The molecule has 4 heteroatoms. The first-order chi connectivity index (χ1) is 13.0. The van der Waals surface area contributed by atoms with E-state index in [2.05, 4.69) is 26.3 Å². The minimum Gasteiger partial charge on any atom is -0.490 e. The normalized spacial score (nSPS) is 15.6. The van der Waals surface area contributed by atoms with E-state index in [4.69, 9.17) is 14.2 Å². The predicted molar refractivity (Wildman–Crippen MR) is 110 cm³/mol. The predicted octanol–water partition coefficient (Wildman–Crippen LogP) is 5.42. The fourth-order valence-corrected chi connectivity index (χ4v) is 2.77. The Morgan fingerprint density at radius 2 is 1.70 bits per heavy atom. The molecule has 0 amide bonds. The van der Waals surface area contributed by atoms with Crippen molar-refractivity contribution in [3.63, 3.8) is 0 Å². The van der Waals surface area contributed by atoms with Crippen LogP contribution in [0.25, 0.3) is 0 Å². The van der Waals surface area contributed by atoms with Gasteiger partial charge in [-0.1, -0.05) is 51.7 Å². The topological polar surface area (TPSA) is 44.8 Å². The zero-order valence-corrected chi connectivity index (χ0v) is 16.5. The molecule has 0 unspecified atom stereocenters. The first-order valence-corrected chi connectivity index (χ1v) is 9.42. The lowest BCUT2D eigenvalue weighted by atomic mass is 9.90. The summed E-state index contributed by atoms with van der Waals surface area (Å²) in [5, 5.41) is 0. The first-order valence-electron chi connectivity index (χ1n) is 9.42. The number of carbonyl (C=O) groups is 1. The lowest BCUT2D eigenvalue weighted by molar-refractivity contribution is -0.140. The van der Waals surface area contributed by atoms with Gasteiger partial charge in [0.25, 0.3) is 0 Å². The molecule has 0 aromatic heterocycles. The molecule has 0 spiro atoms. The van der Waals surface area contributed by atoms with Crippen LogP contribution in [0.2, 0.25) is 0 Å². The van der Waals surface area contributed by atoms with Gasteiger partial charge < -0.3 is 14.2 Å². The van der Waals surface area contributed by atoms with Gasteiger partial charge in [-0.25, -0.2) is 4.79 Å². The highest BCUT2D eigenvalue weighted by Crippen LogP contribution is 2.24. The van der Waals surface area contributed by atoms with Crippen LogP contribution >= 0.6 is 0 Å². The van der Waals surface area contributed by atoms with Gasteiger partial charge in [0.05, 0.1) is 12.2 Å². The van der Waals surface area contributed by atoms with Gasteiger partial charge >= 0.3 is 5.97 Å². The summed E-state index contributed by atoms with van der Waals surface area (Å²) in [4.78, 5) is 12.1. The molecule has 0 bridgehead atoms. The summed E-state index contributed by atoms with van der Waals surface area (Å²) < 4.78 is 16.4. The molecule has 1 aliphatic carbocycles. The summed E-state index contributed by atoms with van der Waals surface area (Å²) in [7, 11) is 0. The molecule has 0 atom stereocenters. The number of hydrogen-bond acceptors (Lipinski definition) is 4. The van der Waals surface area contributed by atoms with Crippen LogP contribution in [0.15, 0.2) is 73.3 Å². The van der Waals surface area contributed by atoms with Gasteiger partial charge in [-0.3, -0.25) is 0 Å². The van der Waals surface area contributed by atoms with Crippen molar-refractivity contribution >= 4 is 5.97 Å². The Morgan fingerprint density at radius 3 is 2.33 bits per heavy atom. The molecule has 1 saturated carbocycles. The van der Waals surface area contributed by atoms with E-state index in [1.54, 1.807) is 24.3 Å². The molecular weight excluding hydrogens is 340 g/mol. The van der Waals surface area contributed by atoms with E-state index in [-0.39, 0.29) is 5.97 Å². The third-order valence-electron chi connectivity index (χ3n) is 4.38. The summed E-state index contributed by atoms with van der Waals surface area (Å²) in [6, 6.07) is 0. The fraction of sp³-hybridized carbons (Fsp3) is 0.435. The third kappa shape index (κ3) is 9.13. The van der Waals surface area contributed by atoms with E-state index in [9.17, 15) is 4.79 Å². The zero-order valence-electron chi connectivity index (χ0n) is 16.5. The molecule has 0 aromatic carbocycles.